The molecule has 0 amide bonds. The molecule has 0 saturated carbocycles. The fourth-order valence-electron chi connectivity index (χ4n) is 2.31. The number of rotatable bonds is 3. The third-order valence-electron chi connectivity index (χ3n) is 3.46. The molecule has 0 unspecified atom stereocenters. The Bertz CT molecular complexity index is 836. The van der Waals surface area contributed by atoms with Gasteiger partial charge in [0, 0.05) is 17.2 Å². The van der Waals surface area contributed by atoms with Crippen molar-refractivity contribution in [1.82, 2.24) is 0 Å². The molecule has 21 heavy (non-hydrogen) atoms. The number of thiophene rings is 1. The molecule has 0 bridgehead atoms. The van der Waals surface area contributed by atoms with Crippen LogP contribution in [0.3, 0.4) is 0 Å². The maximum Gasteiger partial charge on any atom is 0.170 e. The van der Waals surface area contributed by atoms with E-state index in [9.17, 15) is 13.6 Å². The van der Waals surface area contributed by atoms with Gasteiger partial charge in [-0.15, -0.1) is 11.3 Å². The zero-order valence-corrected chi connectivity index (χ0v) is 12.1. The Morgan fingerprint density at radius 2 is 1.90 bits per heavy atom. The first kappa shape index (κ1) is 13.9. The largest absolute Gasteiger partial charge is 0.294 e. The van der Waals surface area contributed by atoms with Gasteiger partial charge in [-0.1, -0.05) is 18.2 Å². The molecule has 0 aliphatic carbocycles. The molecule has 0 fully saturated rings. The number of hydrogen-bond donors (Lipinski definition) is 0. The average Bonchev–Trinajstić information content (AvgIpc) is 2.86. The molecule has 3 rings (SSSR count). The molecular weight excluding hydrogens is 290 g/mol. The molecule has 0 radical (unpaired) electrons. The van der Waals surface area contributed by atoms with Crippen LogP contribution in [-0.2, 0) is 6.42 Å². The lowest BCUT2D eigenvalue weighted by Gasteiger charge is -2.05. The van der Waals surface area contributed by atoms with Gasteiger partial charge in [-0.2, -0.15) is 0 Å². The molecule has 1 nitrogen and oxygen atoms in total. The van der Waals surface area contributed by atoms with E-state index in [1.807, 2.05) is 29.6 Å². The van der Waals surface area contributed by atoms with Crippen LogP contribution < -0.4 is 0 Å². The van der Waals surface area contributed by atoms with Crippen LogP contribution in [-0.4, -0.2) is 5.78 Å². The predicted octanol–water partition coefficient (Wildman–Crippen LogP) is 4.91. The summed E-state index contributed by atoms with van der Waals surface area (Å²) in [4.78, 5) is 12.3. The van der Waals surface area contributed by atoms with Gasteiger partial charge in [-0.3, -0.25) is 4.79 Å². The number of Topliss-reactive ketones (excluding diaryl/α,β-unsaturated/α-hetero) is 1. The van der Waals surface area contributed by atoms with E-state index in [4.69, 9.17) is 0 Å². The number of carbonyl (C=O) groups is 1. The first-order valence-corrected chi connectivity index (χ1v) is 7.38. The van der Waals surface area contributed by atoms with Crippen molar-refractivity contribution in [3.63, 3.8) is 0 Å². The van der Waals surface area contributed by atoms with Gasteiger partial charge in [-0.05, 0) is 40.9 Å². The van der Waals surface area contributed by atoms with E-state index in [0.29, 0.717) is 0 Å². The van der Waals surface area contributed by atoms with Crippen molar-refractivity contribution in [2.75, 3.05) is 0 Å². The van der Waals surface area contributed by atoms with Crippen molar-refractivity contribution < 1.29 is 13.6 Å². The molecule has 3 aromatic rings. The maximum absolute atomic E-state index is 13.8. The highest BCUT2D eigenvalue weighted by Crippen LogP contribution is 2.27. The van der Waals surface area contributed by atoms with E-state index in [2.05, 4.69) is 0 Å². The second-order valence-electron chi connectivity index (χ2n) is 4.94. The highest BCUT2D eigenvalue weighted by Gasteiger charge is 2.16. The molecule has 2 aromatic carbocycles. The molecule has 0 saturated heterocycles. The summed E-state index contributed by atoms with van der Waals surface area (Å²) in [6.45, 7) is 1.52. The number of halogens is 2. The van der Waals surface area contributed by atoms with Crippen LogP contribution in [0.1, 0.15) is 21.5 Å². The lowest BCUT2D eigenvalue weighted by molar-refractivity contribution is 0.0989. The monoisotopic (exact) mass is 302 g/mol. The minimum absolute atomic E-state index is 0.0517. The van der Waals surface area contributed by atoms with Gasteiger partial charge in [0.15, 0.2) is 5.78 Å². The Hall–Kier alpha value is -2.07. The molecule has 0 aliphatic heterocycles. The Kier molecular flexibility index (Phi) is 3.55. The van der Waals surface area contributed by atoms with E-state index in [-0.39, 0.29) is 23.3 Å². The Balaban J connectivity index is 1.95. The molecule has 1 heterocycles. The van der Waals surface area contributed by atoms with E-state index in [1.54, 1.807) is 11.3 Å². The van der Waals surface area contributed by atoms with Crippen molar-refractivity contribution in [3.05, 3.63) is 70.1 Å². The van der Waals surface area contributed by atoms with Gasteiger partial charge in [0.05, 0.1) is 5.56 Å². The molecule has 4 heteroatoms. The summed E-state index contributed by atoms with van der Waals surface area (Å²) in [5.41, 5.74) is 1.10. The minimum atomic E-state index is -0.803. The summed E-state index contributed by atoms with van der Waals surface area (Å²) in [6.07, 6.45) is 0.117. The zero-order valence-electron chi connectivity index (χ0n) is 11.3. The van der Waals surface area contributed by atoms with Crippen LogP contribution >= 0.6 is 11.3 Å². The Morgan fingerprint density at radius 3 is 2.71 bits per heavy atom. The van der Waals surface area contributed by atoms with Gasteiger partial charge in [-0.25, -0.2) is 8.78 Å². The lowest BCUT2D eigenvalue weighted by Crippen LogP contribution is -2.07. The molecule has 0 aliphatic rings. The van der Waals surface area contributed by atoms with E-state index in [1.165, 1.54) is 13.0 Å². The third kappa shape index (κ3) is 2.59. The number of benzene rings is 2. The quantitative estimate of drug-likeness (QED) is 0.628. The smallest absolute Gasteiger partial charge is 0.170 e. The van der Waals surface area contributed by atoms with Crippen molar-refractivity contribution >= 4 is 27.2 Å². The van der Waals surface area contributed by atoms with Gasteiger partial charge in [0.1, 0.15) is 11.6 Å². The number of fused-ring (bicyclic) bond motifs is 1. The summed E-state index contributed by atoms with van der Waals surface area (Å²) in [5, 5.41) is 2.92. The van der Waals surface area contributed by atoms with Gasteiger partial charge >= 0.3 is 0 Å². The lowest BCUT2D eigenvalue weighted by atomic mass is 10.0. The highest BCUT2D eigenvalue weighted by molar-refractivity contribution is 7.17. The Morgan fingerprint density at radius 1 is 1.14 bits per heavy atom. The topological polar surface area (TPSA) is 17.1 Å². The number of carbonyl (C=O) groups excluding carboxylic acids is 1. The number of aryl methyl sites for hydroxylation is 1. The van der Waals surface area contributed by atoms with E-state index < -0.39 is 11.6 Å². The predicted molar refractivity (Wildman–Crippen MR) is 81.0 cm³/mol. The molecule has 0 spiro atoms. The normalized spacial score (nSPS) is 11.0. The second-order valence-corrected chi connectivity index (χ2v) is 5.85. The van der Waals surface area contributed by atoms with Crippen LogP contribution in [0.4, 0.5) is 8.78 Å². The van der Waals surface area contributed by atoms with Crippen molar-refractivity contribution in [2.45, 2.75) is 13.3 Å². The summed E-state index contributed by atoms with van der Waals surface area (Å²) in [7, 11) is 0. The van der Waals surface area contributed by atoms with Gasteiger partial charge in [0.2, 0.25) is 0 Å². The summed E-state index contributed by atoms with van der Waals surface area (Å²) in [5.74, 6) is -1.77. The average molecular weight is 302 g/mol. The SMILES string of the molecule is Cc1cc(C(=O)Cc2csc3ccccc23)c(F)cc1F. The maximum atomic E-state index is 13.8. The summed E-state index contributed by atoms with van der Waals surface area (Å²) < 4.78 is 28.1. The first-order chi connectivity index (χ1) is 10.1. The molecule has 1 aromatic heterocycles. The molecule has 106 valence electrons. The molecule has 0 N–H and O–H groups in total. The van der Waals surface area contributed by atoms with Crippen LogP contribution in [0.15, 0.2) is 41.8 Å². The van der Waals surface area contributed by atoms with E-state index >= 15 is 0 Å². The van der Waals surface area contributed by atoms with Crippen LogP contribution in [0.25, 0.3) is 10.1 Å². The van der Waals surface area contributed by atoms with Crippen LogP contribution in [0.5, 0.6) is 0 Å². The number of hydrogen-bond acceptors (Lipinski definition) is 2. The van der Waals surface area contributed by atoms with Crippen molar-refractivity contribution in [1.29, 1.82) is 0 Å². The van der Waals surface area contributed by atoms with Crippen LogP contribution in [0.2, 0.25) is 0 Å². The van der Waals surface area contributed by atoms with Crippen LogP contribution in [0, 0.1) is 18.6 Å². The minimum Gasteiger partial charge on any atom is -0.294 e. The first-order valence-electron chi connectivity index (χ1n) is 6.50. The zero-order chi connectivity index (χ0) is 15.0. The van der Waals surface area contributed by atoms with E-state index in [0.717, 1.165) is 21.7 Å². The van der Waals surface area contributed by atoms with Gasteiger partial charge < -0.3 is 0 Å². The standard InChI is InChI=1S/C17H12F2OS/c1-10-6-13(15(19)8-14(10)18)16(20)7-11-9-21-17-5-3-2-4-12(11)17/h2-6,8-9H,7H2,1H3. The van der Waals surface area contributed by atoms with Crippen molar-refractivity contribution in [2.24, 2.45) is 0 Å². The molecule has 0 atom stereocenters. The second kappa shape index (κ2) is 5.37. The highest BCUT2D eigenvalue weighted by atomic mass is 32.1. The van der Waals surface area contributed by atoms with Gasteiger partial charge in [0.25, 0.3) is 0 Å². The molecular formula is C17H12F2OS. The fraction of sp³-hybridized carbons (Fsp3) is 0.118. The third-order valence-corrected chi connectivity index (χ3v) is 4.47. The summed E-state index contributed by atoms with van der Waals surface area (Å²) >= 11 is 1.55. The van der Waals surface area contributed by atoms with Crippen molar-refractivity contribution in [3.8, 4) is 0 Å². The fourth-order valence-corrected chi connectivity index (χ4v) is 3.27. The Labute approximate surface area is 124 Å². The summed E-state index contributed by atoms with van der Waals surface area (Å²) in [6, 6.07) is 9.83. The number of ketones is 1.